The molecule has 110 valence electrons. The molecule has 0 aliphatic rings. The topological polar surface area (TPSA) is 12.0 Å². The van der Waals surface area contributed by atoms with Gasteiger partial charge in [0.25, 0.3) is 0 Å². The third-order valence-electron chi connectivity index (χ3n) is 3.62. The summed E-state index contributed by atoms with van der Waals surface area (Å²) in [5, 5.41) is 3.66. The molecule has 0 saturated carbocycles. The molecule has 1 unspecified atom stereocenters. The van der Waals surface area contributed by atoms with Gasteiger partial charge in [-0.25, -0.2) is 0 Å². The molecule has 2 heteroatoms. The normalized spacial score (nSPS) is 14.8. The molecule has 0 aromatic carbocycles. The number of aryl methyl sites for hydroxylation is 1. The first-order valence-corrected chi connectivity index (χ1v) is 8.59. The molecule has 0 aliphatic heterocycles. The Morgan fingerprint density at radius 2 is 1.89 bits per heavy atom. The Labute approximate surface area is 123 Å². The molecular weight excluding hydrogens is 250 g/mol. The van der Waals surface area contributed by atoms with Crippen LogP contribution in [-0.4, -0.2) is 13.1 Å². The molecule has 1 atom stereocenters. The molecule has 1 rings (SSSR count). The van der Waals surface area contributed by atoms with Crippen molar-refractivity contribution in [2.75, 3.05) is 13.1 Å². The van der Waals surface area contributed by atoms with Gasteiger partial charge in [0.15, 0.2) is 0 Å². The SMILES string of the molecule is CCCC(C)(CNCC(C)C)Cc1ccc(CC)s1. The molecule has 1 N–H and O–H groups in total. The van der Waals surface area contributed by atoms with E-state index in [0.29, 0.717) is 5.41 Å². The second kappa shape index (κ2) is 8.06. The Morgan fingerprint density at radius 1 is 1.21 bits per heavy atom. The van der Waals surface area contributed by atoms with Gasteiger partial charge < -0.3 is 5.32 Å². The summed E-state index contributed by atoms with van der Waals surface area (Å²) in [6, 6.07) is 4.63. The maximum atomic E-state index is 3.66. The van der Waals surface area contributed by atoms with Crippen molar-refractivity contribution in [3.05, 3.63) is 21.9 Å². The van der Waals surface area contributed by atoms with Crippen LogP contribution in [0.4, 0.5) is 0 Å². The van der Waals surface area contributed by atoms with Gasteiger partial charge in [-0.15, -0.1) is 11.3 Å². The zero-order chi connectivity index (χ0) is 14.3. The summed E-state index contributed by atoms with van der Waals surface area (Å²) in [5.41, 5.74) is 0.402. The molecule has 0 radical (unpaired) electrons. The second-order valence-corrected chi connectivity index (χ2v) is 7.74. The number of nitrogens with one attached hydrogen (secondary N) is 1. The Bertz CT molecular complexity index is 356. The zero-order valence-electron chi connectivity index (χ0n) is 13.4. The number of thiophene rings is 1. The number of hydrogen-bond acceptors (Lipinski definition) is 2. The molecule has 0 amide bonds. The van der Waals surface area contributed by atoms with Crippen LogP contribution in [0.1, 0.15) is 57.2 Å². The predicted octanol–water partition coefficient (Wildman–Crippen LogP) is 4.91. The molecule has 1 heterocycles. The van der Waals surface area contributed by atoms with Gasteiger partial charge in [0.1, 0.15) is 0 Å². The highest BCUT2D eigenvalue weighted by Gasteiger charge is 2.24. The van der Waals surface area contributed by atoms with E-state index in [2.05, 4.69) is 52.1 Å². The second-order valence-electron chi connectivity index (χ2n) is 6.48. The highest BCUT2D eigenvalue weighted by Crippen LogP contribution is 2.31. The van der Waals surface area contributed by atoms with Crippen molar-refractivity contribution < 1.29 is 0 Å². The third kappa shape index (κ3) is 6.09. The number of rotatable bonds is 9. The fourth-order valence-corrected chi connectivity index (χ4v) is 3.81. The van der Waals surface area contributed by atoms with Crippen LogP contribution in [0.2, 0.25) is 0 Å². The van der Waals surface area contributed by atoms with Gasteiger partial charge in [0.2, 0.25) is 0 Å². The van der Waals surface area contributed by atoms with E-state index in [1.807, 2.05) is 11.3 Å². The van der Waals surface area contributed by atoms with Crippen LogP contribution < -0.4 is 5.32 Å². The molecule has 0 saturated heterocycles. The first kappa shape index (κ1) is 16.7. The lowest BCUT2D eigenvalue weighted by molar-refractivity contribution is 0.272. The molecule has 0 bridgehead atoms. The third-order valence-corrected chi connectivity index (χ3v) is 4.85. The minimum atomic E-state index is 0.402. The Balaban J connectivity index is 2.58. The van der Waals surface area contributed by atoms with E-state index >= 15 is 0 Å². The average molecular weight is 282 g/mol. The van der Waals surface area contributed by atoms with Crippen LogP contribution in [0.3, 0.4) is 0 Å². The van der Waals surface area contributed by atoms with Crippen LogP contribution in [0.5, 0.6) is 0 Å². The minimum absolute atomic E-state index is 0.402. The van der Waals surface area contributed by atoms with Gasteiger partial charge >= 0.3 is 0 Å². The number of hydrogen-bond donors (Lipinski definition) is 1. The Hall–Kier alpha value is -0.340. The van der Waals surface area contributed by atoms with Crippen molar-refractivity contribution in [3.8, 4) is 0 Å². The molecule has 0 fully saturated rings. The fraction of sp³-hybridized carbons (Fsp3) is 0.765. The van der Waals surface area contributed by atoms with E-state index in [1.54, 1.807) is 4.88 Å². The molecule has 1 aromatic heterocycles. The van der Waals surface area contributed by atoms with Crippen LogP contribution in [0.25, 0.3) is 0 Å². The van der Waals surface area contributed by atoms with Crippen molar-refractivity contribution >= 4 is 11.3 Å². The quantitative estimate of drug-likeness (QED) is 0.678. The van der Waals surface area contributed by atoms with E-state index in [9.17, 15) is 0 Å². The van der Waals surface area contributed by atoms with Crippen LogP contribution in [0, 0.1) is 11.3 Å². The smallest absolute Gasteiger partial charge is 0.00540 e. The largest absolute Gasteiger partial charge is 0.316 e. The maximum absolute atomic E-state index is 3.66. The Morgan fingerprint density at radius 3 is 2.42 bits per heavy atom. The van der Waals surface area contributed by atoms with E-state index in [4.69, 9.17) is 0 Å². The van der Waals surface area contributed by atoms with Crippen molar-refractivity contribution in [2.24, 2.45) is 11.3 Å². The van der Waals surface area contributed by atoms with Gasteiger partial charge in [0.05, 0.1) is 0 Å². The summed E-state index contributed by atoms with van der Waals surface area (Å²) in [4.78, 5) is 3.07. The summed E-state index contributed by atoms with van der Waals surface area (Å²) in [7, 11) is 0. The molecule has 19 heavy (non-hydrogen) atoms. The zero-order valence-corrected chi connectivity index (χ0v) is 14.2. The first-order chi connectivity index (χ1) is 8.99. The average Bonchev–Trinajstić information content (AvgIpc) is 2.76. The van der Waals surface area contributed by atoms with Gasteiger partial charge in [-0.2, -0.15) is 0 Å². The predicted molar refractivity (Wildman–Crippen MR) is 88.1 cm³/mol. The molecule has 1 aromatic rings. The minimum Gasteiger partial charge on any atom is -0.316 e. The van der Waals surface area contributed by atoms with Gasteiger partial charge in [-0.1, -0.05) is 41.0 Å². The Kier molecular flexibility index (Phi) is 7.09. The fourth-order valence-electron chi connectivity index (χ4n) is 2.63. The van der Waals surface area contributed by atoms with E-state index in [0.717, 1.165) is 19.0 Å². The summed E-state index contributed by atoms with van der Waals surface area (Å²) in [5.74, 6) is 0.735. The molecular formula is C17H31NS. The lowest BCUT2D eigenvalue weighted by Crippen LogP contribution is -2.35. The van der Waals surface area contributed by atoms with Gasteiger partial charge in [-0.3, -0.25) is 0 Å². The molecule has 1 nitrogen and oxygen atoms in total. The van der Waals surface area contributed by atoms with Crippen LogP contribution in [0.15, 0.2) is 12.1 Å². The summed E-state index contributed by atoms with van der Waals surface area (Å²) in [6.07, 6.45) is 4.96. The highest BCUT2D eigenvalue weighted by atomic mass is 32.1. The first-order valence-electron chi connectivity index (χ1n) is 7.77. The van der Waals surface area contributed by atoms with Gasteiger partial charge in [0, 0.05) is 16.3 Å². The lowest BCUT2D eigenvalue weighted by atomic mass is 9.81. The lowest BCUT2D eigenvalue weighted by Gasteiger charge is -2.30. The summed E-state index contributed by atoms with van der Waals surface area (Å²) >= 11 is 2.00. The maximum Gasteiger partial charge on any atom is 0.00540 e. The van der Waals surface area contributed by atoms with Crippen molar-refractivity contribution in [2.45, 2.75) is 60.3 Å². The summed E-state index contributed by atoms with van der Waals surface area (Å²) < 4.78 is 0. The molecule has 0 spiro atoms. The van der Waals surface area contributed by atoms with E-state index in [-0.39, 0.29) is 0 Å². The standard InChI is InChI=1S/C17H31NS/c1-6-10-17(5,13-18-12-14(3)4)11-16-9-8-15(7-2)19-16/h8-9,14,18H,6-7,10-13H2,1-5H3. The molecule has 0 aliphatic carbocycles. The monoisotopic (exact) mass is 281 g/mol. The van der Waals surface area contributed by atoms with Crippen LogP contribution >= 0.6 is 11.3 Å². The van der Waals surface area contributed by atoms with Crippen molar-refractivity contribution in [3.63, 3.8) is 0 Å². The van der Waals surface area contributed by atoms with Crippen molar-refractivity contribution in [1.82, 2.24) is 5.32 Å². The van der Waals surface area contributed by atoms with E-state index in [1.165, 1.54) is 30.6 Å². The van der Waals surface area contributed by atoms with Crippen molar-refractivity contribution in [1.29, 1.82) is 0 Å². The highest BCUT2D eigenvalue weighted by molar-refractivity contribution is 7.11. The summed E-state index contributed by atoms with van der Waals surface area (Å²) in [6.45, 7) is 13.8. The van der Waals surface area contributed by atoms with Gasteiger partial charge in [-0.05, 0) is 49.3 Å². The van der Waals surface area contributed by atoms with E-state index < -0.39 is 0 Å². The van der Waals surface area contributed by atoms with Crippen LogP contribution in [-0.2, 0) is 12.8 Å².